The third-order valence-electron chi connectivity index (χ3n) is 4.41. The average Bonchev–Trinajstić information content (AvgIpc) is 2.70. The molecule has 0 bridgehead atoms. The normalized spacial score (nSPS) is 17.3. The second kappa shape index (κ2) is 7.36. The van der Waals surface area contributed by atoms with Gasteiger partial charge in [-0.15, -0.1) is 0 Å². The Hall–Kier alpha value is -2.85. The second-order valence-corrected chi connectivity index (χ2v) is 6.10. The number of nitrogens with one attached hydrogen (secondary N) is 1. The van der Waals surface area contributed by atoms with E-state index in [4.69, 9.17) is 4.74 Å². The summed E-state index contributed by atoms with van der Waals surface area (Å²) in [5.41, 5.74) is 3.48. The molecule has 0 unspecified atom stereocenters. The molecule has 1 fully saturated rings. The predicted octanol–water partition coefficient (Wildman–Crippen LogP) is 4.40. The van der Waals surface area contributed by atoms with Gasteiger partial charge in [-0.2, -0.15) is 0 Å². The lowest BCUT2D eigenvalue weighted by Crippen LogP contribution is -2.38. The number of aromatic nitrogens is 1. The van der Waals surface area contributed by atoms with Crippen LogP contribution < -0.4 is 10.2 Å². The van der Waals surface area contributed by atoms with E-state index < -0.39 is 0 Å². The van der Waals surface area contributed by atoms with Crippen LogP contribution in [-0.4, -0.2) is 24.7 Å². The van der Waals surface area contributed by atoms with Crippen LogP contribution >= 0.6 is 0 Å². The van der Waals surface area contributed by atoms with Gasteiger partial charge in [-0.1, -0.05) is 36.4 Å². The molecule has 1 aliphatic heterocycles. The number of hydrogen-bond acceptors (Lipinski definition) is 4. The van der Waals surface area contributed by atoms with E-state index in [-0.39, 0.29) is 6.10 Å². The van der Waals surface area contributed by atoms with E-state index in [1.165, 1.54) is 11.3 Å². The van der Waals surface area contributed by atoms with Crippen molar-refractivity contribution in [2.45, 2.75) is 6.10 Å². The topological polar surface area (TPSA) is 37.4 Å². The fraction of sp³-hybridized carbons (Fsp3) is 0.190. The third-order valence-corrected chi connectivity index (χ3v) is 4.41. The number of hydrogen-bond donors (Lipinski definition) is 1. The molecule has 0 saturated carbocycles. The number of rotatable bonds is 4. The highest BCUT2D eigenvalue weighted by atomic mass is 16.5. The summed E-state index contributed by atoms with van der Waals surface area (Å²) in [5.74, 6) is 0.847. The molecule has 1 aromatic heterocycles. The minimum Gasteiger partial charge on any atom is -0.370 e. The predicted molar refractivity (Wildman–Crippen MR) is 101 cm³/mol. The van der Waals surface area contributed by atoms with E-state index in [9.17, 15) is 0 Å². The van der Waals surface area contributed by atoms with Gasteiger partial charge in [0.1, 0.15) is 11.9 Å². The van der Waals surface area contributed by atoms with Gasteiger partial charge in [-0.3, -0.25) is 0 Å². The Morgan fingerprint density at radius 1 is 0.920 bits per heavy atom. The summed E-state index contributed by atoms with van der Waals surface area (Å²) < 4.78 is 6.00. The average molecular weight is 331 g/mol. The van der Waals surface area contributed by atoms with Gasteiger partial charge in [-0.05, 0) is 42.0 Å². The smallest absolute Gasteiger partial charge is 0.130 e. The van der Waals surface area contributed by atoms with Crippen molar-refractivity contribution in [1.82, 2.24) is 4.98 Å². The maximum absolute atomic E-state index is 6.00. The first-order valence-electron chi connectivity index (χ1n) is 8.58. The lowest BCUT2D eigenvalue weighted by molar-refractivity contribution is 0.0398. The highest BCUT2D eigenvalue weighted by Crippen LogP contribution is 2.27. The minimum atomic E-state index is 0.0952. The Morgan fingerprint density at radius 2 is 1.72 bits per heavy atom. The van der Waals surface area contributed by atoms with Crippen LogP contribution in [0.5, 0.6) is 0 Å². The van der Waals surface area contributed by atoms with Crippen LogP contribution in [0.25, 0.3) is 0 Å². The summed E-state index contributed by atoms with van der Waals surface area (Å²) in [7, 11) is 0. The van der Waals surface area contributed by atoms with Crippen molar-refractivity contribution in [3.63, 3.8) is 0 Å². The number of pyridine rings is 1. The first-order valence-corrected chi connectivity index (χ1v) is 8.58. The van der Waals surface area contributed by atoms with E-state index in [0.29, 0.717) is 0 Å². The first kappa shape index (κ1) is 15.7. The highest BCUT2D eigenvalue weighted by molar-refractivity contribution is 5.56. The van der Waals surface area contributed by atoms with Gasteiger partial charge in [0.05, 0.1) is 6.61 Å². The van der Waals surface area contributed by atoms with Crippen molar-refractivity contribution >= 4 is 17.2 Å². The van der Waals surface area contributed by atoms with Gasteiger partial charge in [0.2, 0.25) is 0 Å². The molecule has 0 radical (unpaired) electrons. The maximum Gasteiger partial charge on any atom is 0.130 e. The molecule has 3 aromatic rings. The van der Waals surface area contributed by atoms with Gasteiger partial charge in [0.15, 0.2) is 0 Å². The second-order valence-electron chi connectivity index (χ2n) is 6.10. The molecular weight excluding hydrogens is 310 g/mol. The zero-order valence-corrected chi connectivity index (χ0v) is 14.0. The van der Waals surface area contributed by atoms with Crippen LogP contribution in [0.1, 0.15) is 11.7 Å². The summed E-state index contributed by atoms with van der Waals surface area (Å²) in [5, 5.41) is 3.31. The van der Waals surface area contributed by atoms with Crippen LogP contribution in [0.2, 0.25) is 0 Å². The summed E-state index contributed by atoms with van der Waals surface area (Å²) in [6.45, 7) is 2.55. The maximum atomic E-state index is 6.00. The summed E-state index contributed by atoms with van der Waals surface area (Å²) in [4.78, 5) is 6.67. The van der Waals surface area contributed by atoms with Gasteiger partial charge in [0.25, 0.3) is 0 Å². The lowest BCUT2D eigenvalue weighted by Gasteiger charge is -2.34. The minimum absolute atomic E-state index is 0.0952. The Kier molecular flexibility index (Phi) is 4.61. The van der Waals surface area contributed by atoms with Crippen LogP contribution in [0.4, 0.5) is 17.2 Å². The van der Waals surface area contributed by atoms with E-state index in [1.54, 1.807) is 6.20 Å². The standard InChI is InChI=1S/C21H21N3O/c1-2-6-19(7-3-1)24-14-15-25-20(16-24)17-9-11-18(12-10-17)23-21-8-4-5-13-22-21/h1-13,20H,14-16H2,(H,22,23)/t20-/m1/s1. The van der Waals surface area contributed by atoms with Crippen molar-refractivity contribution in [1.29, 1.82) is 0 Å². The summed E-state index contributed by atoms with van der Waals surface area (Å²) in [6, 6.07) is 24.8. The molecule has 0 amide bonds. The Morgan fingerprint density at radius 3 is 2.48 bits per heavy atom. The lowest BCUT2D eigenvalue weighted by atomic mass is 10.1. The van der Waals surface area contributed by atoms with Gasteiger partial charge in [-0.25, -0.2) is 4.98 Å². The third kappa shape index (κ3) is 3.80. The van der Waals surface area contributed by atoms with Crippen LogP contribution in [-0.2, 0) is 4.74 Å². The van der Waals surface area contributed by atoms with Crippen molar-refractivity contribution < 1.29 is 4.74 Å². The van der Waals surface area contributed by atoms with Crippen LogP contribution in [0, 0.1) is 0 Å². The van der Waals surface area contributed by atoms with E-state index in [1.807, 2.05) is 18.2 Å². The van der Waals surface area contributed by atoms with Crippen LogP contribution in [0.3, 0.4) is 0 Å². The number of anilines is 3. The molecule has 4 nitrogen and oxygen atoms in total. The van der Waals surface area contributed by atoms with Crippen molar-refractivity contribution in [2.24, 2.45) is 0 Å². The molecule has 2 heterocycles. The molecule has 1 aliphatic rings. The fourth-order valence-electron chi connectivity index (χ4n) is 3.09. The zero-order valence-electron chi connectivity index (χ0n) is 14.0. The molecule has 0 spiro atoms. The Bertz CT molecular complexity index is 790. The van der Waals surface area contributed by atoms with Crippen molar-refractivity contribution in [3.05, 3.63) is 84.6 Å². The SMILES string of the molecule is c1ccc(N2CCO[C@@H](c3ccc(Nc4ccccn4)cc3)C2)cc1. The van der Waals surface area contributed by atoms with E-state index in [0.717, 1.165) is 31.2 Å². The Labute approximate surface area is 148 Å². The quantitative estimate of drug-likeness (QED) is 0.769. The summed E-state index contributed by atoms with van der Waals surface area (Å²) >= 11 is 0. The fourth-order valence-corrected chi connectivity index (χ4v) is 3.09. The number of para-hydroxylation sites is 1. The number of nitrogens with zero attached hydrogens (tertiary/aromatic N) is 2. The summed E-state index contributed by atoms with van der Waals surface area (Å²) in [6.07, 6.45) is 1.88. The van der Waals surface area contributed by atoms with E-state index >= 15 is 0 Å². The number of benzene rings is 2. The molecule has 4 rings (SSSR count). The Balaban J connectivity index is 1.44. The molecule has 1 atom stereocenters. The highest BCUT2D eigenvalue weighted by Gasteiger charge is 2.22. The molecule has 4 heteroatoms. The largest absolute Gasteiger partial charge is 0.370 e. The molecule has 2 aromatic carbocycles. The van der Waals surface area contributed by atoms with Crippen molar-refractivity contribution in [2.75, 3.05) is 29.9 Å². The first-order chi connectivity index (χ1) is 12.4. The molecule has 25 heavy (non-hydrogen) atoms. The molecule has 0 aliphatic carbocycles. The van der Waals surface area contributed by atoms with Gasteiger partial charge in [0, 0.05) is 30.7 Å². The number of ether oxygens (including phenoxy) is 1. The van der Waals surface area contributed by atoms with Crippen LogP contribution in [0.15, 0.2) is 79.0 Å². The molecule has 126 valence electrons. The monoisotopic (exact) mass is 331 g/mol. The molecular formula is C21H21N3O. The van der Waals surface area contributed by atoms with Gasteiger partial charge >= 0.3 is 0 Å². The van der Waals surface area contributed by atoms with Gasteiger partial charge < -0.3 is 15.0 Å². The van der Waals surface area contributed by atoms with Crippen molar-refractivity contribution in [3.8, 4) is 0 Å². The zero-order chi connectivity index (χ0) is 16.9. The van der Waals surface area contributed by atoms with E-state index in [2.05, 4.69) is 69.8 Å². The molecule has 1 saturated heterocycles. The molecule has 1 N–H and O–H groups in total. The number of morpholine rings is 1.